The molecule has 0 bridgehead atoms. The van der Waals surface area contributed by atoms with Crippen molar-refractivity contribution in [3.63, 3.8) is 0 Å². The Morgan fingerprint density at radius 2 is 1.81 bits per heavy atom. The largest absolute Gasteiger partial charge is 0.336 e. The van der Waals surface area contributed by atoms with Gasteiger partial charge in [-0.25, -0.2) is 27.6 Å². The summed E-state index contributed by atoms with van der Waals surface area (Å²) in [6, 6.07) is 9.15. The summed E-state index contributed by atoms with van der Waals surface area (Å²) in [4.78, 5) is 18.8. The van der Waals surface area contributed by atoms with Gasteiger partial charge < -0.3 is 15.5 Å². The zero-order chi connectivity index (χ0) is 26.6. The Balaban J connectivity index is 2.19. The Kier molecular flexibility index (Phi) is 12.3. The van der Waals surface area contributed by atoms with Crippen molar-refractivity contribution in [1.29, 1.82) is 0 Å². The average molecular weight is 522 g/mol. The van der Waals surface area contributed by atoms with Crippen molar-refractivity contribution in [1.82, 2.24) is 35.0 Å². The zero-order valence-corrected chi connectivity index (χ0v) is 23.1. The summed E-state index contributed by atoms with van der Waals surface area (Å²) in [5.74, 6) is 1.05. The van der Waals surface area contributed by atoms with Crippen LogP contribution in [0.2, 0.25) is 0 Å². The van der Waals surface area contributed by atoms with Crippen LogP contribution in [0.1, 0.15) is 70.7 Å². The van der Waals surface area contributed by atoms with E-state index in [-0.39, 0.29) is 24.4 Å². The number of aryl methyl sites for hydroxylation is 2. The van der Waals surface area contributed by atoms with Crippen LogP contribution < -0.4 is 15.4 Å². The normalized spacial score (nSPS) is 12.8. The third kappa shape index (κ3) is 10.2. The van der Waals surface area contributed by atoms with Gasteiger partial charge in [-0.1, -0.05) is 44.2 Å². The lowest BCUT2D eigenvalue weighted by Gasteiger charge is -2.20. The van der Waals surface area contributed by atoms with Crippen molar-refractivity contribution in [2.24, 2.45) is 0 Å². The Labute approximate surface area is 216 Å². The molecule has 11 heteroatoms. The van der Waals surface area contributed by atoms with E-state index in [4.69, 9.17) is 0 Å². The predicted octanol–water partition coefficient (Wildman–Crippen LogP) is 2.83. The van der Waals surface area contributed by atoms with Crippen LogP contribution in [-0.2, 0) is 29.5 Å². The summed E-state index contributed by atoms with van der Waals surface area (Å²) in [6.07, 6.45) is 1.79. The van der Waals surface area contributed by atoms with E-state index < -0.39 is 16.1 Å². The van der Waals surface area contributed by atoms with Crippen molar-refractivity contribution in [2.45, 2.75) is 79.1 Å². The standard InChI is InChI=1S/C25H43N7O3S/c1-6-31(7-2)17-12-18-36(34,35)30-22(16-15-21-13-10-9-11-14-21)24-28-23(29-32(24)8-3)19-26-25(33)27-20(4)5/h9-11,13-14,20,22,30H,6-8,12,15-19H2,1-5H3,(H2,26,27,33)/t22-/m1/s1. The first kappa shape index (κ1) is 29.7. The minimum Gasteiger partial charge on any atom is -0.336 e. The molecule has 0 saturated heterocycles. The number of carbonyl (C=O) groups excluding carboxylic acids is 1. The number of benzene rings is 1. The Morgan fingerprint density at radius 1 is 1.11 bits per heavy atom. The topological polar surface area (TPSA) is 121 Å². The molecule has 0 unspecified atom stereocenters. The zero-order valence-electron chi connectivity index (χ0n) is 22.3. The Hall–Kier alpha value is -2.50. The first-order chi connectivity index (χ1) is 17.2. The summed E-state index contributed by atoms with van der Waals surface area (Å²) in [5, 5.41) is 10.0. The predicted molar refractivity (Wildman–Crippen MR) is 143 cm³/mol. The van der Waals surface area contributed by atoms with Crippen molar-refractivity contribution in [3.8, 4) is 0 Å². The molecule has 0 aliphatic rings. The number of aromatic nitrogens is 3. The maximum atomic E-state index is 13.1. The molecule has 1 aromatic heterocycles. The highest BCUT2D eigenvalue weighted by Crippen LogP contribution is 2.20. The molecule has 0 aliphatic carbocycles. The second kappa shape index (κ2) is 14.9. The third-order valence-corrected chi connectivity index (χ3v) is 7.32. The molecule has 0 aliphatic heterocycles. The maximum absolute atomic E-state index is 13.1. The molecular formula is C25H43N7O3S. The van der Waals surface area contributed by atoms with Gasteiger partial charge in [-0.15, -0.1) is 0 Å². The minimum atomic E-state index is -3.54. The molecule has 1 aromatic carbocycles. The van der Waals surface area contributed by atoms with E-state index in [2.05, 4.69) is 44.2 Å². The van der Waals surface area contributed by atoms with Gasteiger partial charge in [0, 0.05) is 12.6 Å². The summed E-state index contributed by atoms with van der Waals surface area (Å²) in [5.41, 5.74) is 1.12. The van der Waals surface area contributed by atoms with Gasteiger partial charge in [0.25, 0.3) is 0 Å². The number of hydrogen-bond donors (Lipinski definition) is 3. The lowest BCUT2D eigenvalue weighted by atomic mass is 10.1. The van der Waals surface area contributed by atoms with Gasteiger partial charge in [0.1, 0.15) is 5.82 Å². The second-order valence-corrected chi connectivity index (χ2v) is 11.0. The van der Waals surface area contributed by atoms with E-state index in [1.807, 2.05) is 51.1 Å². The summed E-state index contributed by atoms with van der Waals surface area (Å²) < 4.78 is 30.7. The molecule has 202 valence electrons. The summed E-state index contributed by atoms with van der Waals surface area (Å²) in [6.45, 7) is 13.1. The molecule has 10 nitrogen and oxygen atoms in total. The highest BCUT2D eigenvalue weighted by molar-refractivity contribution is 7.89. The van der Waals surface area contributed by atoms with E-state index in [1.165, 1.54) is 0 Å². The summed E-state index contributed by atoms with van der Waals surface area (Å²) >= 11 is 0. The summed E-state index contributed by atoms with van der Waals surface area (Å²) in [7, 11) is -3.54. The van der Waals surface area contributed by atoms with Gasteiger partial charge in [-0.05, 0) is 65.2 Å². The fourth-order valence-electron chi connectivity index (χ4n) is 3.93. The van der Waals surface area contributed by atoms with E-state index in [9.17, 15) is 13.2 Å². The lowest BCUT2D eigenvalue weighted by Crippen LogP contribution is -2.39. The van der Waals surface area contributed by atoms with E-state index in [0.29, 0.717) is 37.5 Å². The fourth-order valence-corrected chi connectivity index (χ4v) is 5.21. The number of sulfonamides is 1. The van der Waals surface area contributed by atoms with Crippen molar-refractivity contribution < 1.29 is 13.2 Å². The lowest BCUT2D eigenvalue weighted by molar-refractivity contribution is 0.238. The first-order valence-corrected chi connectivity index (χ1v) is 14.6. The van der Waals surface area contributed by atoms with Crippen molar-refractivity contribution >= 4 is 16.1 Å². The molecular weight excluding hydrogens is 478 g/mol. The first-order valence-electron chi connectivity index (χ1n) is 12.9. The van der Waals surface area contributed by atoms with Crippen LogP contribution in [0.15, 0.2) is 30.3 Å². The Morgan fingerprint density at radius 3 is 2.42 bits per heavy atom. The van der Waals surface area contributed by atoms with E-state index in [0.717, 1.165) is 25.2 Å². The number of rotatable bonds is 16. The average Bonchev–Trinajstić information content (AvgIpc) is 3.26. The van der Waals surface area contributed by atoms with Crippen molar-refractivity contribution in [3.05, 3.63) is 47.5 Å². The number of nitrogens with one attached hydrogen (secondary N) is 3. The molecule has 1 atom stereocenters. The number of hydrogen-bond acceptors (Lipinski definition) is 6. The molecule has 2 aromatic rings. The SMILES string of the molecule is CCN(CC)CCCS(=O)(=O)N[C@H](CCc1ccccc1)c1nc(CNC(=O)NC(C)C)nn1CC. The van der Waals surface area contributed by atoms with Gasteiger partial charge in [0.05, 0.1) is 18.3 Å². The van der Waals surface area contributed by atoms with Crippen LogP contribution in [0.4, 0.5) is 4.79 Å². The molecule has 0 saturated carbocycles. The van der Waals surface area contributed by atoms with Crippen LogP contribution >= 0.6 is 0 Å². The van der Waals surface area contributed by atoms with Gasteiger partial charge in [0.2, 0.25) is 10.0 Å². The molecule has 2 amide bonds. The minimum absolute atomic E-state index is 0.0141. The van der Waals surface area contributed by atoms with Gasteiger partial charge in [-0.2, -0.15) is 5.10 Å². The second-order valence-electron chi connectivity index (χ2n) is 9.08. The van der Waals surface area contributed by atoms with Crippen LogP contribution in [0, 0.1) is 0 Å². The maximum Gasteiger partial charge on any atom is 0.315 e. The van der Waals surface area contributed by atoms with E-state index in [1.54, 1.807) is 4.68 Å². The molecule has 3 N–H and O–H groups in total. The van der Waals surface area contributed by atoms with E-state index >= 15 is 0 Å². The highest BCUT2D eigenvalue weighted by Gasteiger charge is 2.25. The third-order valence-electron chi connectivity index (χ3n) is 5.85. The van der Waals surface area contributed by atoms with Gasteiger partial charge >= 0.3 is 6.03 Å². The quantitative estimate of drug-likeness (QED) is 0.312. The smallest absolute Gasteiger partial charge is 0.315 e. The Bertz CT molecular complexity index is 1020. The molecule has 0 radical (unpaired) electrons. The number of carbonyl (C=O) groups is 1. The molecule has 1 heterocycles. The number of urea groups is 1. The van der Waals surface area contributed by atoms with Crippen LogP contribution in [0.3, 0.4) is 0 Å². The van der Waals surface area contributed by atoms with Crippen LogP contribution in [0.25, 0.3) is 0 Å². The monoisotopic (exact) mass is 521 g/mol. The van der Waals surface area contributed by atoms with Crippen LogP contribution in [0.5, 0.6) is 0 Å². The van der Waals surface area contributed by atoms with Gasteiger partial charge in [-0.3, -0.25) is 0 Å². The molecule has 36 heavy (non-hydrogen) atoms. The van der Waals surface area contributed by atoms with Crippen LogP contribution in [-0.4, -0.2) is 65.5 Å². The van der Waals surface area contributed by atoms with Gasteiger partial charge in [0.15, 0.2) is 5.82 Å². The highest BCUT2D eigenvalue weighted by atomic mass is 32.2. The number of nitrogens with zero attached hydrogens (tertiary/aromatic N) is 4. The fraction of sp³-hybridized carbons (Fsp3) is 0.640. The molecule has 2 rings (SSSR count). The molecule has 0 spiro atoms. The molecule has 0 fully saturated rings. The number of amides is 2. The van der Waals surface area contributed by atoms with Crippen molar-refractivity contribution in [2.75, 3.05) is 25.4 Å².